The second kappa shape index (κ2) is 7.75. The zero-order valence-electron chi connectivity index (χ0n) is 14.2. The van der Waals surface area contributed by atoms with Crippen molar-refractivity contribution in [2.45, 2.75) is 55.9 Å². The molecular formula is C16H24Cl3NO2Si. The van der Waals surface area contributed by atoms with E-state index in [1.807, 2.05) is 24.3 Å². The fraction of sp³-hybridized carbons (Fsp3) is 0.562. The number of hydrogen-bond acceptors (Lipinski definition) is 3. The minimum atomic E-state index is -1.84. The van der Waals surface area contributed by atoms with E-state index in [9.17, 15) is 0 Å². The van der Waals surface area contributed by atoms with Crippen molar-refractivity contribution in [3.8, 4) is 0 Å². The Hall–Kier alpha value is -0.263. The number of ether oxygens (including phenoxy) is 1. The van der Waals surface area contributed by atoms with Crippen molar-refractivity contribution in [2.24, 2.45) is 0 Å². The van der Waals surface area contributed by atoms with Crippen LogP contribution < -0.4 is 0 Å². The fourth-order valence-electron chi connectivity index (χ4n) is 1.55. The van der Waals surface area contributed by atoms with E-state index >= 15 is 0 Å². The Morgan fingerprint density at radius 3 is 1.96 bits per heavy atom. The zero-order valence-corrected chi connectivity index (χ0v) is 17.4. The zero-order chi connectivity index (χ0) is 17.9. The lowest BCUT2D eigenvalue weighted by molar-refractivity contribution is 0.260. The van der Waals surface area contributed by atoms with E-state index in [1.54, 1.807) is 0 Å². The Bertz CT molecular complexity index is 551. The van der Waals surface area contributed by atoms with Gasteiger partial charge in [-0.05, 0) is 29.3 Å². The van der Waals surface area contributed by atoms with Crippen molar-refractivity contribution in [1.82, 2.24) is 0 Å². The van der Waals surface area contributed by atoms with Gasteiger partial charge >= 0.3 is 0 Å². The summed E-state index contributed by atoms with van der Waals surface area (Å²) in [6.07, 6.45) is 0. The van der Waals surface area contributed by atoms with Gasteiger partial charge < -0.3 is 9.16 Å². The first kappa shape index (κ1) is 20.8. The number of alkyl halides is 3. The highest BCUT2D eigenvalue weighted by atomic mass is 35.6. The van der Waals surface area contributed by atoms with E-state index in [0.717, 1.165) is 11.1 Å². The smallest absolute Gasteiger partial charge is 0.265 e. The van der Waals surface area contributed by atoms with E-state index in [-0.39, 0.29) is 17.5 Å². The first-order valence-electron chi connectivity index (χ1n) is 7.34. The van der Waals surface area contributed by atoms with Crippen LogP contribution in [0.2, 0.25) is 18.1 Å². The van der Waals surface area contributed by atoms with Crippen molar-refractivity contribution >= 4 is 49.0 Å². The molecule has 0 unspecified atom stereocenters. The molecule has 0 saturated heterocycles. The molecule has 0 amide bonds. The van der Waals surface area contributed by atoms with E-state index in [4.69, 9.17) is 49.4 Å². The highest BCUT2D eigenvalue weighted by molar-refractivity contribution is 6.76. The number of rotatable bonds is 5. The number of nitrogens with one attached hydrogen (secondary N) is 1. The predicted molar refractivity (Wildman–Crippen MR) is 101 cm³/mol. The van der Waals surface area contributed by atoms with E-state index < -0.39 is 12.1 Å². The second-order valence-electron chi connectivity index (χ2n) is 6.93. The Kier molecular flexibility index (Phi) is 7.00. The Morgan fingerprint density at radius 1 is 1.04 bits per heavy atom. The Balaban J connectivity index is 2.77. The summed E-state index contributed by atoms with van der Waals surface area (Å²) < 4.78 is 9.68. The van der Waals surface area contributed by atoms with Crippen LogP contribution in [-0.4, -0.2) is 18.0 Å². The molecule has 3 nitrogen and oxygen atoms in total. The topological polar surface area (TPSA) is 42.3 Å². The lowest BCUT2D eigenvalue weighted by Crippen LogP contribution is -2.40. The highest BCUT2D eigenvalue weighted by Crippen LogP contribution is 2.37. The molecule has 7 heteroatoms. The van der Waals surface area contributed by atoms with Gasteiger partial charge in [0.15, 0.2) is 8.32 Å². The van der Waals surface area contributed by atoms with Gasteiger partial charge in [0.05, 0.1) is 6.61 Å². The molecule has 0 spiro atoms. The molecule has 0 heterocycles. The minimum Gasteiger partial charge on any atom is -0.473 e. The van der Waals surface area contributed by atoms with Crippen molar-refractivity contribution in [3.05, 3.63) is 35.4 Å². The quantitative estimate of drug-likeness (QED) is 0.284. The molecule has 0 aliphatic carbocycles. The van der Waals surface area contributed by atoms with Gasteiger partial charge in [-0.15, -0.1) is 0 Å². The first-order chi connectivity index (χ1) is 10.3. The summed E-state index contributed by atoms with van der Waals surface area (Å²) in [4.78, 5) is 0. The molecule has 0 aromatic heterocycles. The number of halogens is 3. The summed E-state index contributed by atoms with van der Waals surface area (Å²) >= 11 is 16.9. The monoisotopic (exact) mass is 395 g/mol. The molecule has 0 atom stereocenters. The predicted octanol–water partition coefficient (Wildman–Crippen LogP) is 6.07. The third-order valence-electron chi connectivity index (χ3n) is 4.14. The van der Waals surface area contributed by atoms with Crippen LogP contribution in [-0.2, 0) is 22.4 Å². The van der Waals surface area contributed by atoms with Crippen molar-refractivity contribution in [3.63, 3.8) is 0 Å². The minimum absolute atomic E-state index is 0.149. The maximum absolute atomic E-state index is 7.60. The third-order valence-corrected chi connectivity index (χ3v) is 9.14. The lowest BCUT2D eigenvalue weighted by atomic mass is 10.1. The van der Waals surface area contributed by atoms with Gasteiger partial charge in [0.2, 0.25) is 5.90 Å². The molecule has 0 aliphatic heterocycles. The average Bonchev–Trinajstić information content (AvgIpc) is 2.41. The summed E-state index contributed by atoms with van der Waals surface area (Å²) in [7, 11) is -1.83. The van der Waals surface area contributed by atoms with Crippen LogP contribution >= 0.6 is 34.8 Å². The van der Waals surface area contributed by atoms with Gasteiger partial charge in [-0.25, -0.2) is 0 Å². The molecule has 0 bridgehead atoms. The molecular weight excluding hydrogens is 373 g/mol. The van der Waals surface area contributed by atoms with Gasteiger partial charge in [-0.3, -0.25) is 5.41 Å². The molecule has 0 fully saturated rings. The van der Waals surface area contributed by atoms with Gasteiger partial charge in [0.1, 0.15) is 6.61 Å². The van der Waals surface area contributed by atoms with E-state index in [2.05, 4.69) is 33.9 Å². The van der Waals surface area contributed by atoms with E-state index in [0.29, 0.717) is 6.61 Å². The third kappa shape index (κ3) is 6.27. The molecule has 0 saturated carbocycles. The summed E-state index contributed by atoms with van der Waals surface area (Å²) in [5.41, 5.74) is 1.94. The van der Waals surface area contributed by atoms with Gasteiger partial charge in [-0.2, -0.15) is 0 Å². The summed E-state index contributed by atoms with van der Waals surface area (Å²) in [6, 6.07) is 7.78. The van der Waals surface area contributed by atoms with Gasteiger partial charge in [0.25, 0.3) is 3.79 Å². The van der Waals surface area contributed by atoms with Crippen LogP contribution in [0.25, 0.3) is 0 Å². The highest BCUT2D eigenvalue weighted by Gasteiger charge is 2.37. The van der Waals surface area contributed by atoms with Crippen molar-refractivity contribution in [2.75, 3.05) is 0 Å². The number of benzene rings is 1. The standard InChI is InChI=1S/C16H24Cl3NO2Si/c1-15(2,3)23(4,5)22-11-13-9-7-6-8-12(13)10-21-14(20)16(17,18)19/h6-9,20H,10-11H2,1-5H3. The van der Waals surface area contributed by atoms with Crippen LogP contribution in [0.15, 0.2) is 24.3 Å². The normalized spacial score (nSPS) is 13.0. The largest absolute Gasteiger partial charge is 0.473 e. The Labute approximate surface area is 154 Å². The molecule has 1 rings (SSSR count). The second-order valence-corrected chi connectivity index (χ2v) is 14.0. The lowest BCUT2D eigenvalue weighted by Gasteiger charge is -2.36. The summed E-state index contributed by atoms with van der Waals surface area (Å²) in [5, 5.41) is 7.75. The Morgan fingerprint density at radius 2 is 1.52 bits per heavy atom. The van der Waals surface area contributed by atoms with Gasteiger partial charge in [0, 0.05) is 0 Å². The number of hydrogen-bond donors (Lipinski definition) is 1. The first-order valence-corrected chi connectivity index (χ1v) is 11.4. The van der Waals surface area contributed by atoms with Crippen LogP contribution in [0.1, 0.15) is 31.9 Å². The van der Waals surface area contributed by atoms with Crippen molar-refractivity contribution < 1.29 is 9.16 Å². The van der Waals surface area contributed by atoms with Gasteiger partial charge in [-0.1, -0.05) is 79.8 Å². The molecule has 1 aromatic rings. The molecule has 0 aliphatic rings. The fourth-order valence-corrected chi connectivity index (χ4v) is 2.66. The average molecular weight is 397 g/mol. The molecule has 23 heavy (non-hydrogen) atoms. The maximum Gasteiger partial charge on any atom is 0.265 e. The van der Waals surface area contributed by atoms with Crippen molar-refractivity contribution in [1.29, 1.82) is 5.41 Å². The van der Waals surface area contributed by atoms with Crippen LogP contribution in [0.5, 0.6) is 0 Å². The van der Waals surface area contributed by atoms with Crippen LogP contribution in [0.3, 0.4) is 0 Å². The maximum atomic E-state index is 7.60. The van der Waals surface area contributed by atoms with E-state index in [1.165, 1.54) is 0 Å². The molecule has 1 aromatic carbocycles. The van der Waals surface area contributed by atoms with Crippen LogP contribution in [0.4, 0.5) is 0 Å². The summed E-state index contributed by atoms with van der Waals surface area (Å²) in [6.45, 7) is 11.7. The SMILES string of the molecule is CC(C)(C)[Si](C)(C)OCc1ccccc1COC(=N)C(Cl)(Cl)Cl. The summed E-state index contributed by atoms with van der Waals surface area (Å²) in [5.74, 6) is -0.386. The van der Waals surface area contributed by atoms with Crippen LogP contribution in [0, 0.1) is 5.41 Å². The molecule has 130 valence electrons. The molecule has 0 radical (unpaired) electrons. The molecule has 1 N–H and O–H groups in total.